The molecular weight excluding hydrogens is 336 g/mol. The maximum Gasteiger partial charge on any atom is 0.0337 e. The molecule has 0 bridgehead atoms. The first-order valence-electron chi connectivity index (χ1n) is 10.3. The van der Waals surface area contributed by atoms with E-state index < -0.39 is 0 Å². The molecule has 1 aliphatic heterocycles. The van der Waals surface area contributed by atoms with Gasteiger partial charge in [0.05, 0.1) is 0 Å². The number of allylic oxidation sites excluding steroid dienone is 4. The molecule has 0 saturated carbocycles. The third kappa shape index (κ3) is 6.00. The van der Waals surface area contributed by atoms with Crippen LogP contribution in [0.5, 0.6) is 0 Å². The minimum atomic E-state index is 0.395. The second kappa shape index (κ2) is 9.61. The zero-order valence-electron chi connectivity index (χ0n) is 18.0. The Kier molecular flexibility index (Phi) is 8.06. The maximum atomic E-state index is 2.70. The van der Waals surface area contributed by atoms with Crippen molar-refractivity contribution < 1.29 is 0 Å². The average molecular weight is 377 g/mol. The summed E-state index contributed by atoms with van der Waals surface area (Å²) in [5.41, 5.74) is 4.10. The Morgan fingerprint density at radius 2 is 1.88 bits per heavy atom. The second-order valence-corrected chi connectivity index (χ2v) is 10.2. The highest BCUT2D eigenvalue weighted by molar-refractivity contribution is 7.96. The Morgan fingerprint density at radius 3 is 2.46 bits per heavy atom. The monoisotopic (exact) mass is 376 g/mol. The first-order chi connectivity index (χ1) is 12.3. The second-order valence-electron chi connectivity index (χ2n) is 9.25. The third-order valence-electron chi connectivity index (χ3n) is 6.27. The highest BCUT2D eigenvalue weighted by Crippen LogP contribution is 2.45. The van der Waals surface area contributed by atoms with Gasteiger partial charge in [0.1, 0.15) is 0 Å². The first-order valence-corrected chi connectivity index (χ1v) is 11.5. The van der Waals surface area contributed by atoms with E-state index in [1.807, 2.05) is 11.9 Å². The molecule has 148 valence electrons. The number of likely N-dealkylation sites (N-methyl/N-ethyl adjacent to an activating group) is 1. The molecule has 1 heterocycles. The molecule has 2 aliphatic rings. The number of hydrogen-bond acceptors (Lipinski definition) is 3. The molecule has 0 aromatic heterocycles. The predicted octanol–water partition coefficient (Wildman–Crippen LogP) is 5.94. The van der Waals surface area contributed by atoms with Gasteiger partial charge in [-0.05, 0) is 81.4 Å². The van der Waals surface area contributed by atoms with Gasteiger partial charge < -0.3 is 4.90 Å². The van der Waals surface area contributed by atoms with Crippen LogP contribution in [0.3, 0.4) is 0 Å². The van der Waals surface area contributed by atoms with Crippen molar-refractivity contribution in [2.45, 2.75) is 59.8 Å². The number of piperidine rings is 1. The summed E-state index contributed by atoms with van der Waals surface area (Å²) < 4.78 is 2.35. The van der Waals surface area contributed by atoms with Crippen LogP contribution in [0.2, 0.25) is 0 Å². The lowest BCUT2D eigenvalue weighted by Crippen LogP contribution is -2.42. The van der Waals surface area contributed by atoms with Crippen molar-refractivity contribution in [3.05, 3.63) is 35.5 Å². The number of nitrogens with zero attached hydrogens (tertiary/aromatic N) is 2. The van der Waals surface area contributed by atoms with E-state index in [9.17, 15) is 0 Å². The lowest BCUT2D eigenvalue weighted by Gasteiger charge is -2.44. The van der Waals surface area contributed by atoms with E-state index in [4.69, 9.17) is 0 Å². The summed E-state index contributed by atoms with van der Waals surface area (Å²) in [4.78, 5) is 2.70. The van der Waals surface area contributed by atoms with Crippen LogP contribution in [0.15, 0.2) is 35.5 Å². The zero-order valence-corrected chi connectivity index (χ0v) is 18.8. The molecule has 0 N–H and O–H groups in total. The smallest absolute Gasteiger partial charge is 0.0337 e. The van der Waals surface area contributed by atoms with Crippen molar-refractivity contribution >= 4 is 11.9 Å². The number of hydrogen-bond donors (Lipinski definition) is 0. The summed E-state index contributed by atoms with van der Waals surface area (Å²) in [6, 6.07) is 0. The fraction of sp³-hybridized carbons (Fsp3) is 0.739. The van der Waals surface area contributed by atoms with Crippen LogP contribution in [0.4, 0.5) is 0 Å². The summed E-state index contributed by atoms with van der Waals surface area (Å²) in [6.07, 6.45) is 17.7. The van der Waals surface area contributed by atoms with Crippen LogP contribution in [0.1, 0.15) is 59.8 Å². The first kappa shape index (κ1) is 21.8. The predicted molar refractivity (Wildman–Crippen MR) is 119 cm³/mol. The molecule has 1 aliphatic carbocycles. The third-order valence-corrected chi connectivity index (χ3v) is 7.02. The number of rotatable bonds is 7. The van der Waals surface area contributed by atoms with Crippen LogP contribution < -0.4 is 0 Å². The van der Waals surface area contributed by atoms with Crippen molar-refractivity contribution in [1.82, 2.24) is 9.21 Å². The minimum Gasteiger partial charge on any atom is -0.303 e. The van der Waals surface area contributed by atoms with Crippen LogP contribution in [0, 0.1) is 10.8 Å². The van der Waals surface area contributed by atoms with Gasteiger partial charge in [-0.15, -0.1) is 0 Å². The van der Waals surface area contributed by atoms with Gasteiger partial charge in [0.2, 0.25) is 0 Å². The Labute approximate surface area is 166 Å². The SMILES string of the molecule is CCC1(C2=C(CN(C)SC)C=CC=CC2)CCN(CCC(C)(C)C)CC1. The van der Waals surface area contributed by atoms with E-state index in [0.29, 0.717) is 10.8 Å². The molecule has 2 rings (SSSR count). The zero-order chi connectivity index (χ0) is 19.2. The average Bonchev–Trinajstić information content (AvgIpc) is 2.85. The fourth-order valence-corrected chi connectivity index (χ4v) is 4.51. The van der Waals surface area contributed by atoms with Gasteiger partial charge in [0, 0.05) is 6.54 Å². The summed E-state index contributed by atoms with van der Waals surface area (Å²) in [5, 5.41) is 0. The Balaban J connectivity index is 2.14. The van der Waals surface area contributed by atoms with Crippen LogP contribution in [-0.4, -0.2) is 48.7 Å². The van der Waals surface area contributed by atoms with Gasteiger partial charge in [-0.2, -0.15) is 0 Å². The van der Waals surface area contributed by atoms with E-state index in [-0.39, 0.29) is 0 Å². The van der Waals surface area contributed by atoms with Gasteiger partial charge in [-0.3, -0.25) is 0 Å². The molecule has 0 aromatic carbocycles. The highest BCUT2D eigenvalue weighted by Gasteiger charge is 2.37. The van der Waals surface area contributed by atoms with Gasteiger partial charge in [-0.25, -0.2) is 4.31 Å². The van der Waals surface area contributed by atoms with Gasteiger partial charge in [-0.1, -0.05) is 69.5 Å². The van der Waals surface area contributed by atoms with E-state index in [1.165, 1.54) is 45.3 Å². The largest absolute Gasteiger partial charge is 0.303 e. The van der Waals surface area contributed by atoms with E-state index in [2.05, 4.69) is 74.5 Å². The summed E-state index contributed by atoms with van der Waals surface area (Å²) in [6.45, 7) is 14.3. The van der Waals surface area contributed by atoms with Crippen molar-refractivity contribution in [3.63, 3.8) is 0 Å². The fourth-order valence-electron chi connectivity index (χ4n) is 4.24. The summed E-state index contributed by atoms with van der Waals surface area (Å²) in [7, 11) is 2.20. The van der Waals surface area contributed by atoms with Gasteiger partial charge in [0.25, 0.3) is 0 Å². The van der Waals surface area contributed by atoms with Crippen molar-refractivity contribution in [1.29, 1.82) is 0 Å². The van der Waals surface area contributed by atoms with E-state index in [0.717, 1.165) is 13.0 Å². The minimum absolute atomic E-state index is 0.395. The molecule has 0 spiro atoms. The molecule has 1 fully saturated rings. The standard InChI is InChI=1S/C23H40N2S/c1-7-23(14-17-25(18-15-23)16-13-22(2,3)4)21-12-10-8-9-11-20(21)19-24(5)26-6/h8-11H,7,12-19H2,1-6H3. The Bertz CT molecular complexity index is 531. The lowest BCUT2D eigenvalue weighted by atomic mass is 9.68. The normalized spacial score (nSPS) is 21.5. The van der Waals surface area contributed by atoms with Crippen molar-refractivity contribution in [3.8, 4) is 0 Å². The lowest BCUT2D eigenvalue weighted by molar-refractivity contribution is 0.114. The topological polar surface area (TPSA) is 6.48 Å². The molecule has 0 atom stereocenters. The van der Waals surface area contributed by atoms with Crippen LogP contribution in [0.25, 0.3) is 0 Å². The van der Waals surface area contributed by atoms with Gasteiger partial charge in [0.15, 0.2) is 0 Å². The maximum absolute atomic E-state index is 2.70. The van der Waals surface area contributed by atoms with Crippen LogP contribution >= 0.6 is 11.9 Å². The highest BCUT2D eigenvalue weighted by atomic mass is 32.2. The van der Waals surface area contributed by atoms with Crippen molar-refractivity contribution in [2.24, 2.45) is 10.8 Å². The molecule has 1 saturated heterocycles. The molecule has 0 radical (unpaired) electrons. The van der Waals surface area contributed by atoms with Gasteiger partial charge >= 0.3 is 0 Å². The molecule has 26 heavy (non-hydrogen) atoms. The summed E-state index contributed by atoms with van der Waals surface area (Å²) in [5.74, 6) is 0. The molecule has 0 amide bonds. The molecule has 2 nitrogen and oxygen atoms in total. The molecule has 0 unspecified atom stereocenters. The molecular formula is C23H40N2S. The van der Waals surface area contributed by atoms with E-state index >= 15 is 0 Å². The quantitative estimate of drug-likeness (QED) is 0.508. The molecule has 0 aromatic rings. The van der Waals surface area contributed by atoms with Crippen LogP contribution in [-0.2, 0) is 0 Å². The Hall–Kier alpha value is -0.510. The number of likely N-dealkylation sites (tertiary alicyclic amines) is 1. The molecule has 3 heteroatoms. The summed E-state index contributed by atoms with van der Waals surface area (Å²) >= 11 is 1.83. The Morgan fingerprint density at radius 1 is 1.19 bits per heavy atom. The van der Waals surface area contributed by atoms with E-state index in [1.54, 1.807) is 11.1 Å². The van der Waals surface area contributed by atoms with Crippen molar-refractivity contribution in [2.75, 3.05) is 39.5 Å².